The minimum Gasteiger partial charge on any atom is -0.345 e. The zero-order valence-electron chi connectivity index (χ0n) is 13.4. The average Bonchev–Trinajstić information content (AvgIpc) is 3.18. The van der Waals surface area contributed by atoms with Crippen LogP contribution in [0, 0.1) is 6.92 Å². The Labute approximate surface area is 152 Å². The lowest BCUT2D eigenvalue weighted by Gasteiger charge is -2.33. The van der Waals surface area contributed by atoms with Gasteiger partial charge in [-0.05, 0) is 19.1 Å². The smallest absolute Gasteiger partial charge is 0.305 e. The Kier molecular flexibility index (Phi) is 4.14. The molecule has 0 unspecified atom stereocenters. The highest BCUT2D eigenvalue weighted by Gasteiger charge is 2.32. The minimum atomic E-state index is -3.63. The van der Waals surface area contributed by atoms with Crippen molar-refractivity contribution in [2.24, 2.45) is 0 Å². The molecule has 7 nitrogen and oxygen atoms in total. The lowest BCUT2D eigenvalue weighted by molar-refractivity contribution is 0.385. The molecule has 0 radical (unpaired) electrons. The number of aromatic nitrogens is 2. The summed E-state index contributed by atoms with van der Waals surface area (Å²) >= 11 is 2.37. The number of aryl methyl sites for hydroxylation is 1. The monoisotopic (exact) mass is 396 g/mol. The largest absolute Gasteiger partial charge is 0.345 e. The molecule has 1 saturated heterocycles. The topological polar surface area (TPSA) is 86.4 Å². The fraction of sp³-hybridized carbons (Fsp3) is 0.333. The summed E-state index contributed by atoms with van der Waals surface area (Å²) in [6, 6.07) is 7.96. The van der Waals surface area contributed by atoms with E-state index in [4.69, 9.17) is 0 Å². The molecule has 132 valence electrons. The minimum absolute atomic E-state index is 0.117. The van der Waals surface area contributed by atoms with E-state index in [9.17, 15) is 13.2 Å². The maximum absolute atomic E-state index is 12.8. The average molecular weight is 397 g/mol. The van der Waals surface area contributed by atoms with Crippen LogP contribution in [0.25, 0.3) is 10.2 Å². The number of thiazole rings is 2. The van der Waals surface area contributed by atoms with Crippen LogP contribution in [0.3, 0.4) is 0 Å². The summed E-state index contributed by atoms with van der Waals surface area (Å²) in [6.07, 6.45) is 0. The van der Waals surface area contributed by atoms with Crippen LogP contribution in [0.4, 0.5) is 5.13 Å². The summed E-state index contributed by atoms with van der Waals surface area (Å²) in [4.78, 5) is 20.4. The van der Waals surface area contributed by atoms with Gasteiger partial charge in [0, 0.05) is 31.9 Å². The molecule has 2 aromatic heterocycles. The Balaban J connectivity index is 1.53. The first kappa shape index (κ1) is 16.7. The van der Waals surface area contributed by atoms with Gasteiger partial charge in [-0.15, -0.1) is 0 Å². The van der Waals surface area contributed by atoms with Gasteiger partial charge in [0.1, 0.15) is 0 Å². The fourth-order valence-corrected chi connectivity index (χ4v) is 6.74. The Bertz CT molecular complexity index is 1040. The van der Waals surface area contributed by atoms with E-state index in [-0.39, 0.29) is 9.08 Å². The van der Waals surface area contributed by atoms with E-state index in [0.29, 0.717) is 31.9 Å². The Morgan fingerprint density at radius 2 is 1.84 bits per heavy atom. The quantitative estimate of drug-likeness (QED) is 0.730. The number of para-hydroxylation sites is 1. The molecular formula is C15H16N4O3S3. The molecule has 1 aliphatic rings. The number of hydrogen-bond donors (Lipinski definition) is 1. The van der Waals surface area contributed by atoms with Crippen LogP contribution in [0.2, 0.25) is 0 Å². The highest BCUT2D eigenvalue weighted by atomic mass is 32.2. The molecule has 1 N–H and O–H groups in total. The molecule has 25 heavy (non-hydrogen) atoms. The SMILES string of the molecule is Cc1[nH]c(=O)sc1S(=O)(=O)N1CCN(c2nc3ccccc3s2)CC1. The molecule has 0 saturated carbocycles. The molecule has 1 aromatic carbocycles. The van der Waals surface area contributed by atoms with E-state index in [1.165, 1.54) is 4.31 Å². The molecule has 10 heteroatoms. The molecular weight excluding hydrogens is 380 g/mol. The first-order chi connectivity index (χ1) is 11.9. The lowest BCUT2D eigenvalue weighted by atomic mass is 10.3. The van der Waals surface area contributed by atoms with E-state index >= 15 is 0 Å². The van der Waals surface area contributed by atoms with Crippen LogP contribution in [-0.4, -0.2) is 48.9 Å². The van der Waals surface area contributed by atoms with Gasteiger partial charge in [-0.1, -0.05) is 34.8 Å². The van der Waals surface area contributed by atoms with Gasteiger partial charge in [-0.2, -0.15) is 4.31 Å². The van der Waals surface area contributed by atoms with Crippen molar-refractivity contribution in [3.63, 3.8) is 0 Å². The van der Waals surface area contributed by atoms with Gasteiger partial charge in [-0.25, -0.2) is 13.4 Å². The third kappa shape index (κ3) is 2.99. The van der Waals surface area contributed by atoms with E-state index in [1.807, 2.05) is 24.3 Å². The first-order valence-electron chi connectivity index (χ1n) is 7.75. The maximum atomic E-state index is 12.8. The maximum Gasteiger partial charge on any atom is 0.305 e. The molecule has 0 spiro atoms. The van der Waals surface area contributed by atoms with Gasteiger partial charge in [0.15, 0.2) is 9.34 Å². The highest BCUT2D eigenvalue weighted by Crippen LogP contribution is 2.30. The molecule has 1 aliphatic heterocycles. The second-order valence-electron chi connectivity index (χ2n) is 5.78. The van der Waals surface area contributed by atoms with Gasteiger partial charge < -0.3 is 9.88 Å². The number of rotatable bonds is 3. The van der Waals surface area contributed by atoms with Gasteiger partial charge in [0.2, 0.25) is 0 Å². The third-order valence-electron chi connectivity index (χ3n) is 4.15. The summed E-state index contributed by atoms with van der Waals surface area (Å²) < 4.78 is 28.2. The van der Waals surface area contributed by atoms with Crippen LogP contribution in [0.15, 0.2) is 33.3 Å². The van der Waals surface area contributed by atoms with Crippen molar-refractivity contribution in [1.82, 2.24) is 14.3 Å². The number of anilines is 1. The van der Waals surface area contributed by atoms with Crippen LogP contribution < -0.4 is 9.77 Å². The van der Waals surface area contributed by atoms with Gasteiger partial charge in [0.05, 0.1) is 10.2 Å². The number of nitrogens with one attached hydrogen (secondary N) is 1. The van der Waals surface area contributed by atoms with Crippen molar-refractivity contribution in [3.8, 4) is 0 Å². The standard InChI is InChI=1S/C15H16N4O3S3/c1-10-13(24-15(20)16-10)25(21,22)19-8-6-18(7-9-19)14-17-11-4-2-3-5-12(11)23-14/h2-5H,6-9H2,1H3,(H,16,20). The normalized spacial score (nSPS) is 16.6. The van der Waals surface area contributed by atoms with Gasteiger partial charge >= 0.3 is 4.87 Å². The van der Waals surface area contributed by atoms with Crippen LogP contribution in [-0.2, 0) is 10.0 Å². The molecule has 3 aromatic rings. The van der Waals surface area contributed by atoms with Crippen LogP contribution in [0.5, 0.6) is 0 Å². The van der Waals surface area contributed by atoms with Crippen molar-refractivity contribution in [2.45, 2.75) is 11.1 Å². The van der Waals surface area contributed by atoms with Gasteiger partial charge in [-0.3, -0.25) is 4.79 Å². The zero-order valence-corrected chi connectivity index (χ0v) is 15.9. The predicted molar refractivity (Wildman–Crippen MR) is 100 cm³/mol. The highest BCUT2D eigenvalue weighted by molar-refractivity contribution is 7.91. The van der Waals surface area contributed by atoms with E-state index in [1.54, 1.807) is 18.3 Å². The molecule has 3 heterocycles. The van der Waals surface area contributed by atoms with Gasteiger partial charge in [0.25, 0.3) is 10.0 Å². The summed E-state index contributed by atoms with van der Waals surface area (Å²) in [7, 11) is -3.63. The zero-order chi connectivity index (χ0) is 17.6. The molecule has 0 atom stereocenters. The Morgan fingerprint density at radius 1 is 1.12 bits per heavy atom. The Hall–Kier alpha value is -1.75. The number of sulfonamides is 1. The molecule has 1 fully saturated rings. The third-order valence-corrected chi connectivity index (χ3v) is 8.72. The lowest BCUT2D eigenvalue weighted by Crippen LogP contribution is -2.48. The van der Waals surface area contributed by atoms with E-state index in [2.05, 4.69) is 14.9 Å². The summed E-state index contributed by atoms with van der Waals surface area (Å²) in [5.74, 6) is 0. The van der Waals surface area contributed by atoms with Crippen molar-refractivity contribution < 1.29 is 8.42 Å². The summed E-state index contributed by atoms with van der Waals surface area (Å²) in [6.45, 7) is 3.53. The number of fused-ring (bicyclic) bond motifs is 1. The van der Waals surface area contributed by atoms with Crippen molar-refractivity contribution in [1.29, 1.82) is 0 Å². The number of hydrogen-bond acceptors (Lipinski definition) is 7. The van der Waals surface area contributed by atoms with Crippen LogP contribution >= 0.6 is 22.7 Å². The van der Waals surface area contributed by atoms with Crippen molar-refractivity contribution in [2.75, 3.05) is 31.1 Å². The second kappa shape index (κ2) is 6.20. The molecule has 0 bridgehead atoms. The second-order valence-corrected chi connectivity index (χ2v) is 9.91. The number of piperazine rings is 1. The Morgan fingerprint density at radius 3 is 2.48 bits per heavy atom. The fourth-order valence-electron chi connectivity index (χ4n) is 2.87. The van der Waals surface area contributed by atoms with Crippen molar-refractivity contribution >= 4 is 48.0 Å². The number of nitrogens with zero attached hydrogens (tertiary/aromatic N) is 3. The van der Waals surface area contributed by atoms with E-state index in [0.717, 1.165) is 26.7 Å². The van der Waals surface area contributed by atoms with Crippen molar-refractivity contribution in [3.05, 3.63) is 39.6 Å². The van der Waals surface area contributed by atoms with E-state index < -0.39 is 10.0 Å². The first-order valence-corrected chi connectivity index (χ1v) is 10.8. The summed E-state index contributed by atoms with van der Waals surface area (Å²) in [5, 5.41) is 0.917. The molecule has 0 amide bonds. The number of H-pyrrole nitrogens is 1. The molecule has 0 aliphatic carbocycles. The predicted octanol–water partition coefficient (Wildman–Crippen LogP) is 1.87. The number of aromatic amines is 1. The summed E-state index contributed by atoms with van der Waals surface area (Å²) in [5.41, 5.74) is 1.37. The number of benzene rings is 1. The van der Waals surface area contributed by atoms with Crippen LogP contribution in [0.1, 0.15) is 5.69 Å². The molecule has 4 rings (SSSR count).